The first kappa shape index (κ1) is 25.2. The largest absolute Gasteiger partial charge is 0.481 e. The van der Waals surface area contributed by atoms with Crippen LogP contribution < -0.4 is 20.1 Å². The Morgan fingerprint density at radius 3 is 1.74 bits per heavy atom. The average molecular weight is 478 g/mol. The highest BCUT2D eigenvalue weighted by molar-refractivity contribution is 5.99. The molecule has 0 unspecified atom stereocenters. The van der Waals surface area contributed by atoms with E-state index in [1.807, 2.05) is 19.1 Å². The summed E-state index contributed by atoms with van der Waals surface area (Å²) >= 11 is 0. The molecule has 2 N–H and O–H groups in total. The van der Waals surface area contributed by atoms with Crippen LogP contribution in [0.3, 0.4) is 0 Å². The number of ether oxygens (including phenoxy) is 2. The molecule has 3 rings (SSSR count). The molecule has 0 saturated heterocycles. The standard InChI is InChI=1S/C26H27N3O6/c1-3-23(34-19-11-7-5-8-12-19)25(30)27-18-15-16-22(29(32)33)21(17-18)28-26(31)24(4-2)35-20-13-9-6-10-14-20/h5-17,23-24H,3-4H2,1-2H3,(H,27,30)(H,28,31)/t23-,24-/m0/s1. The number of nitro benzene ring substituents is 1. The van der Waals surface area contributed by atoms with Crippen LogP contribution in [0.1, 0.15) is 26.7 Å². The van der Waals surface area contributed by atoms with Crippen molar-refractivity contribution in [1.82, 2.24) is 0 Å². The molecule has 0 spiro atoms. The Kier molecular flexibility index (Phi) is 8.77. The number of hydrogen-bond donors (Lipinski definition) is 2. The summed E-state index contributed by atoms with van der Waals surface area (Å²) in [5, 5.41) is 16.8. The van der Waals surface area contributed by atoms with E-state index < -0.39 is 28.9 Å². The van der Waals surface area contributed by atoms with E-state index in [-0.39, 0.29) is 17.1 Å². The van der Waals surface area contributed by atoms with Crippen molar-refractivity contribution in [2.24, 2.45) is 0 Å². The average Bonchev–Trinajstić information content (AvgIpc) is 2.86. The van der Waals surface area contributed by atoms with Gasteiger partial charge in [-0.25, -0.2) is 0 Å². The molecule has 0 aliphatic heterocycles. The highest BCUT2D eigenvalue weighted by Gasteiger charge is 2.24. The number of nitro groups is 1. The van der Waals surface area contributed by atoms with Crippen molar-refractivity contribution in [2.45, 2.75) is 38.9 Å². The zero-order chi connectivity index (χ0) is 25.2. The minimum absolute atomic E-state index is 0.0510. The second-order valence-electron chi connectivity index (χ2n) is 7.62. The topological polar surface area (TPSA) is 120 Å². The van der Waals surface area contributed by atoms with Crippen LogP contribution in [0.2, 0.25) is 0 Å². The van der Waals surface area contributed by atoms with Crippen LogP contribution in [0.4, 0.5) is 17.1 Å². The zero-order valence-corrected chi connectivity index (χ0v) is 19.5. The van der Waals surface area contributed by atoms with Gasteiger partial charge in [0.1, 0.15) is 17.2 Å². The van der Waals surface area contributed by atoms with Gasteiger partial charge in [-0.2, -0.15) is 0 Å². The molecule has 0 radical (unpaired) electrons. The van der Waals surface area contributed by atoms with Gasteiger partial charge in [-0.3, -0.25) is 19.7 Å². The summed E-state index contributed by atoms with van der Waals surface area (Å²) in [5.74, 6) is 0.104. The van der Waals surface area contributed by atoms with Crippen LogP contribution in [0.25, 0.3) is 0 Å². The van der Waals surface area contributed by atoms with Crippen molar-refractivity contribution >= 4 is 28.9 Å². The van der Waals surface area contributed by atoms with Crippen LogP contribution in [-0.4, -0.2) is 28.9 Å². The van der Waals surface area contributed by atoms with Crippen LogP contribution in [0.15, 0.2) is 78.9 Å². The minimum atomic E-state index is -0.862. The third kappa shape index (κ3) is 7.04. The van der Waals surface area contributed by atoms with E-state index in [2.05, 4.69) is 10.6 Å². The van der Waals surface area contributed by atoms with E-state index in [9.17, 15) is 19.7 Å². The number of nitrogens with zero attached hydrogens (tertiary/aromatic N) is 1. The van der Waals surface area contributed by atoms with E-state index >= 15 is 0 Å². The molecule has 9 heteroatoms. The molecule has 9 nitrogen and oxygen atoms in total. The van der Waals surface area contributed by atoms with Crippen molar-refractivity contribution in [3.63, 3.8) is 0 Å². The molecule has 0 saturated carbocycles. The summed E-state index contributed by atoms with van der Waals surface area (Å²) in [6.07, 6.45) is -0.875. The second kappa shape index (κ2) is 12.2. The van der Waals surface area contributed by atoms with Crippen molar-refractivity contribution in [2.75, 3.05) is 10.6 Å². The fraction of sp³-hybridized carbons (Fsp3) is 0.231. The number of carbonyl (C=O) groups excluding carboxylic acids is 2. The van der Waals surface area contributed by atoms with Gasteiger partial charge in [0.05, 0.1) is 4.92 Å². The van der Waals surface area contributed by atoms with E-state index in [1.54, 1.807) is 55.5 Å². The number of anilines is 2. The molecular weight excluding hydrogens is 450 g/mol. The Morgan fingerprint density at radius 2 is 1.29 bits per heavy atom. The summed E-state index contributed by atoms with van der Waals surface area (Å²) in [6, 6.07) is 21.7. The quantitative estimate of drug-likeness (QED) is 0.290. The number of benzene rings is 3. The molecule has 0 fully saturated rings. The molecule has 0 heterocycles. The molecule has 3 aromatic carbocycles. The number of carbonyl (C=O) groups is 2. The second-order valence-corrected chi connectivity index (χ2v) is 7.62. The summed E-state index contributed by atoms with van der Waals surface area (Å²) in [4.78, 5) is 36.6. The third-order valence-electron chi connectivity index (χ3n) is 5.09. The summed E-state index contributed by atoms with van der Waals surface area (Å²) < 4.78 is 11.5. The molecule has 3 aromatic rings. The normalized spacial score (nSPS) is 12.2. The molecule has 2 amide bonds. The minimum Gasteiger partial charge on any atom is -0.481 e. The van der Waals surface area contributed by atoms with Crippen LogP contribution in [-0.2, 0) is 9.59 Å². The summed E-state index contributed by atoms with van der Waals surface area (Å²) in [5.41, 5.74) is -0.0773. The van der Waals surface area contributed by atoms with Crippen molar-refractivity contribution in [3.8, 4) is 11.5 Å². The third-order valence-corrected chi connectivity index (χ3v) is 5.09. The van der Waals surface area contributed by atoms with Gasteiger partial charge in [0.15, 0.2) is 12.2 Å². The summed E-state index contributed by atoms with van der Waals surface area (Å²) in [7, 11) is 0. The molecule has 35 heavy (non-hydrogen) atoms. The lowest BCUT2D eigenvalue weighted by Crippen LogP contribution is -2.33. The van der Waals surface area contributed by atoms with Gasteiger partial charge in [-0.15, -0.1) is 0 Å². The predicted octanol–water partition coefficient (Wildman–Crippen LogP) is 5.19. The maximum atomic E-state index is 12.8. The Balaban J connectivity index is 1.75. The Bertz CT molecular complexity index is 1150. The zero-order valence-electron chi connectivity index (χ0n) is 19.5. The van der Waals surface area contributed by atoms with Crippen LogP contribution in [0.5, 0.6) is 11.5 Å². The lowest BCUT2D eigenvalue weighted by Gasteiger charge is -2.19. The lowest BCUT2D eigenvalue weighted by molar-refractivity contribution is -0.383. The van der Waals surface area contributed by atoms with Gasteiger partial charge in [0.2, 0.25) is 0 Å². The summed E-state index contributed by atoms with van der Waals surface area (Å²) in [6.45, 7) is 3.59. The van der Waals surface area contributed by atoms with Gasteiger partial charge < -0.3 is 20.1 Å². The smallest absolute Gasteiger partial charge is 0.292 e. The van der Waals surface area contributed by atoms with Crippen molar-refractivity contribution in [3.05, 3.63) is 89.0 Å². The highest BCUT2D eigenvalue weighted by atomic mass is 16.6. The lowest BCUT2D eigenvalue weighted by atomic mass is 10.2. The first-order valence-corrected chi connectivity index (χ1v) is 11.2. The maximum Gasteiger partial charge on any atom is 0.292 e. The Labute approximate surface area is 203 Å². The van der Waals surface area contributed by atoms with Crippen molar-refractivity contribution in [1.29, 1.82) is 0 Å². The first-order chi connectivity index (χ1) is 16.9. The van der Waals surface area contributed by atoms with Gasteiger partial charge in [0.25, 0.3) is 17.5 Å². The van der Waals surface area contributed by atoms with E-state index in [0.717, 1.165) is 0 Å². The molecule has 2 atom stereocenters. The van der Waals surface area contributed by atoms with Gasteiger partial charge in [-0.1, -0.05) is 50.2 Å². The highest BCUT2D eigenvalue weighted by Crippen LogP contribution is 2.29. The maximum absolute atomic E-state index is 12.8. The number of amides is 2. The number of rotatable bonds is 11. The van der Waals surface area contributed by atoms with Crippen LogP contribution >= 0.6 is 0 Å². The Hall–Kier alpha value is -4.40. The van der Waals surface area contributed by atoms with E-state index in [4.69, 9.17) is 9.47 Å². The molecule has 182 valence electrons. The fourth-order valence-corrected chi connectivity index (χ4v) is 3.28. The SMILES string of the molecule is CC[C@H](Oc1ccccc1)C(=O)Nc1ccc([N+](=O)[O-])c(NC(=O)[C@H](CC)Oc2ccccc2)c1. The fourth-order valence-electron chi connectivity index (χ4n) is 3.28. The van der Waals surface area contributed by atoms with Gasteiger partial charge in [0, 0.05) is 11.8 Å². The molecular formula is C26H27N3O6. The van der Waals surface area contributed by atoms with Gasteiger partial charge >= 0.3 is 0 Å². The van der Waals surface area contributed by atoms with E-state index in [0.29, 0.717) is 24.3 Å². The monoisotopic (exact) mass is 477 g/mol. The van der Waals surface area contributed by atoms with Crippen molar-refractivity contribution < 1.29 is 24.0 Å². The first-order valence-electron chi connectivity index (χ1n) is 11.2. The van der Waals surface area contributed by atoms with Crippen LogP contribution in [0, 0.1) is 10.1 Å². The number of nitrogens with one attached hydrogen (secondary N) is 2. The van der Waals surface area contributed by atoms with Gasteiger partial charge in [-0.05, 0) is 49.2 Å². The number of hydrogen-bond acceptors (Lipinski definition) is 6. The Morgan fingerprint density at radius 1 is 0.800 bits per heavy atom. The molecule has 0 bridgehead atoms. The predicted molar refractivity (Wildman–Crippen MR) is 133 cm³/mol. The van der Waals surface area contributed by atoms with E-state index in [1.165, 1.54) is 18.2 Å². The molecule has 0 aliphatic carbocycles. The number of para-hydroxylation sites is 2. The molecule has 0 aliphatic rings. The molecule has 0 aromatic heterocycles.